The molecule has 0 unspecified atom stereocenters. The van der Waals surface area contributed by atoms with Crippen LogP contribution in [0.4, 0.5) is 5.82 Å². The van der Waals surface area contributed by atoms with Crippen LogP contribution in [-0.4, -0.2) is 21.5 Å². The third kappa shape index (κ3) is 4.05. The molecule has 1 aliphatic rings. The first-order valence-electron chi connectivity index (χ1n) is 10.4. The highest BCUT2D eigenvalue weighted by Crippen LogP contribution is 2.40. The predicted molar refractivity (Wildman–Crippen MR) is 125 cm³/mol. The topological polar surface area (TPSA) is 41.9 Å². The van der Waals surface area contributed by atoms with E-state index >= 15 is 0 Å². The van der Waals surface area contributed by atoms with E-state index in [1.165, 1.54) is 34.2 Å². The smallest absolute Gasteiger partial charge is 0.225 e. The van der Waals surface area contributed by atoms with Crippen LogP contribution in [0.1, 0.15) is 34.5 Å². The van der Waals surface area contributed by atoms with E-state index in [0.717, 1.165) is 48.7 Å². The maximum Gasteiger partial charge on any atom is 0.225 e. The molecule has 0 saturated heterocycles. The van der Waals surface area contributed by atoms with Crippen LogP contribution in [0.5, 0.6) is 0 Å². The molecule has 1 aliphatic carbocycles. The van der Waals surface area contributed by atoms with Crippen molar-refractivity contribution in [1.82, 2.24) is 15.0 Å². The lowest BCUT2D eigenvalue weighted by atomic mass is 9.97. The molecule has 0 aliphatic heterocycles. The first kappa shape index (κ1) is 19.5. The third-order valence-corrected chi connectivity index (χ3v) is 7.00. The van der Waals surface area contributed by atoms with Gasteiger partial charge >= 0.3 is 0 Å². The molecule has 152 valence electrons. The fraction of sp³-hybridized carbons (Fsp3) is 0.292. The Morgan fingerprint density at radius 1 is 0.967 bits per heavy atom. The summed E-state index contributed by atoms with van der Waals surface area (Å²) in [6.45, 7) is 1.60. The second kappa shape index (κ2) is 8.70. The average molecular weight is 435 g/mol. The zero-order chi connectivity index (χ0) is 20.3. The van der Waals surface area contributed by atoms with Crippen molar-refractivity contribution < 1.29 is 0 Å². The summed E-state index contributed by atoms with van der Waals surface area (Å²) < 4.78 is 0. The number of nitrogens with zero attached hydrogens (tertiary/aromatic N) is 4. The maximum atomic E-state index is 6.40. The minimum atomic E-state index is 0.326. The number of thiophene rings is 1. The van der Waals surface area contributed by atoms with Gasteiger partial charge in [-0.15, -0.1) is 11.3 Å². The zero-order valence-corrected chi connectivity index (χ0v) is 18.3. The number of halogens is 1. The van der Waals surface area contributed by atoms with Crippen LogP contribution in [-0.2, 0) is 25.8 Å². The molecule has 1 aromatic carbocycles. The van der Waals surface area contributed by atoms with Crippen LogP contribution in [0.3, 0.4) is 0 Å². The number of anilines is 1. The molecule has 3 aromatic heterocycles. The van der Waals surface area contributed by atoms with Crippen molar-refractivity contribution in [3.8, 4) is 0 Å². The maximum absolute atomic E-state index is 6.40. The lowest BCUT2D eigenvalue weighted by molar-refractivity contribution is 0.699. The van der Waals surface area contributed by atoms with E-state index in [-0.39, 0.29) is 0 Å². The number of rotatable bonds is 6. The Morgan fingerprint density at radius 3 is 2.63 bits per heavy atom. The Balaban J connectivity index is 1.57. The zero-order valence-electron chi connectivity index (χ0n) is 16.7. The summed E-state index contributed by atoms with van der Waals surface area (Å²) >= 11 is 8.19. The van der Waals surface area contributed by atoms with Crippen LogP contribution < -0.4 is 4.90 Å². The normalized spacial score (nSPS) is 13.4. The molecule has 0 radical (unpaired) electrons. The monoisotopic (exact) mass is 434 g/mol. The van der Waals surface area contributed by atoms with E-state index in [0.29, 0.717) is 5.28 Å². The van der Waals surface area contributed by atoms with Gasteiger partial charge in [0.05, 0.1) is 5.39 Å². The summed E-state index contributed by atoms with van der Waals surface area (Å²) in [5, 5.41) is 1.53. The molecule has 3 heterocycles. The van der Waals surface area contributed by atoms with E-state index in [9.17, 15) is 0 Å². The Hall–Kier alpha value is -2.50. The quantitative estimate of drug-likeness (QED) is 0.356. The number of pyridine rings is 1. The highest BCUT2D eigenvalue weighted by molar-refractivity contribution is 7.19. The van der Waals surface area contributed by atoms with Gasteiger partial charge in [0, 0.05) is 36.3 Å². The van der Waals surface area contributed by atoms with Gasteiger partial charge < -0.3 is 4.90 Å². The van der Waals surface area contributed by atoms with E-state index in [1.807, 2.05) is 18.3 Å². The Bertz CT molecular complexity index is 1140. The van der Waals surface area contributed by atoms with E-state index in [1.54, 1.807) is 11.3 Å². The van der Waals surface area contributed by atoms with Crippen molar-refractivity contribution in [2.75, 3.05) is 11.4 Å². The molecule has 0 saturated carbocycles. The predicted octanol–water partition coefficient (Wildman–Crippen LogP) is 5.87. The summed E-state index contributed by atoms with van der Waals surface area (Å²) in [5.74, 6) is 0.962. The molecular weight excluding hydrogens is 412 g/mol. The number of aryl methyl sites for hydroxylation is 2. The molecular formula is C24H23ClN4S. The lowest BCUT2D eigenvalue weighted by Crippen LogP contribution is -2.27. The second-order valence-corrected chi connectivity index (χ2v) is 9.11. The molecule has 0 bridgehead atoms. The van der Waals surface area contributed by atoms with Crippen LogP contribution in [0.2, 0.25) is 5.28 Å². The number of fused-ring (bicyclic) bond motifs is 3. The Labute approximate surface area is 185 Å². The lowest BCUT2D eigenvalue weighted by Gasteiger charge is -2.25. The summed E-state index contributed by atoms with van der Waals surface area (Å²) in [6, 6.07) is 16.6. The van der Waals surface area contributed by atoms with Gasteiger partial charge in [0.1, 0.15) is 10.6 Å². The molecule has 0 amide bonds. The Kier molecular flexibility index (Phi) is 5.65. The standard InChI is InChI=1S/C24H23ClN4S/c25-24-27-22(21-19-11-4-5-12-20(19)30-23(21)28-24)29(16-17-8-2-1-3-9-17)15-13-18-10-6-7-14-26-18/h1-3,6-10,14H,4-5,11-13,15-16H2. The van der Waals surface area contributed by atoms with Gasteiger partial charge in [0.15, 0.2) is 0 Å². The Morgan fingerprint density at radius 2 is 1.80 bits per heavy atom. The van der Waals surface area contributed by atoms with Crippen LogP contribution >= 0.6 is 22.9 Å². The summed E-state index contributed by atoms with van der Waals surface area (Å²) in [7, 11) is 0. The van der Waals surface area contributed by atoms with Crippen molar-refractivity contribution in [3.63, 3.8) is 0 Å². The minimum Gasteiger partial charge on any atom is -0.351 e. The van der Waals surface area contributed by atoms with Gasteiger partial charge in [0.2, 0.25) is 5.28 Å². The van der Waals surface area contributed by atoms with Crippen molar-refractivity contribution in [3.05, 3.63) is 81.7 Å². The van der Waals surface area contributed by atoms with Crippen LogP contribution in [0, 0.1) is 0 Å². The number of hydrogen-bond acceptors (Lipinski definition) is 5. The fourth-order valence-corrected chi connectivity index (χ4v) is 5.67. The van der Waals surface area contributed by atoms with Gasteiger partial charge in [-0.3, -0.25) is 4.98 Å². The summed E-state index contributed by atoms with van der Waals surface area (Å²) in [6.07, 6.45) is 7.43. The fourth-order valence-electron chi connectivity index (χ4n) is 4.20. The highest BCUT2D eigenvalue weighted by atomic mass is 35.5. The number of aromatic nitrogens is 3. The second-order valence-electron chi connectivity index (χ2n) is 7.69. The molecule has 6 heteroatoms. The van der Waals surface area contributed by atoms with Crippen molar-refractivity contribution in [2.45, 2.75) is 38.6 Å². The van der Waals surface area contributed by atoms with Gasteiger partial charge in [-0.25, -0.2) is 4.98 Å². The van der Waals surface area contributed by atoms with Crippen molar-refractivity contribution >= 4 is 39.0 Å². The molecule has 0 N–H and O–H groups in total. The largest absolute Gasteiger partial charge is 0.351 e. The van der Waals surface area contributed by atoms with Crippen LogP contribution in [0.25, 0.3) is 10.2 Å². The molecule has 0 fully saturated rings. The van der Waals surface area contributed by atoms with E-state index in [4.69, 9.17) is 16.6 Å². The first-order valence-corrected chi connectivity index (χ1v) is 11.6. The van der Waals surface area contributed by atoms with E-state index in [2.05, 4.69) is 51.3 Å². The number of benzene rings is 1. The van der Waals surface area contributed by atoms with E-state index < -0.39 is 0 Å². The molecule has 30 heavy (non-hydrogen) atoms. The van der Waals surface area contributed by atoms with Gasteiger partial charge in [-0.05, 0) is 60.5 Å². The van der Waals surface area contributed by atoms with Crippen molar-refractivity contribution in [2.24, 2.45) is 0 Å². The van der Waals surface area contributed by atoms with Gasteiger partial charge in [-0.1, -0.05) is 36.4 Å². The number of hydrogen-bond donors (Lipinski definition) is 0. The molecule has 4 aromatic rings. The SMILES string of the molecule is Clc1nc(N(CCc2ccccn2)Cc2ccccc2)c2c3c(sc2n1)CCCC3. The molecule has 0 atom stereocenters. The third-order valence-electron chi connectivity index (χ3n) is 5.65. The minimum absolute atomic E-state index is 0.326. The van der Waals surface area contributed by atoms with Crippen LogP contribution in [0.15, 0.2) is 54.7 Å². The molecule has 5 rings (SSSR count). The average Bonchev–Trinajstić information content (AvgIpc) is 3.15. The van der Waals surface area contributed by atoms with Gasteiger partial charge in [0.25, 0.3) is 0 Å². The summed E-state index contributed by atoms with van der Waals surface area (Å²) in [5.41, 5.74) is 3.77. The molecule has 0 spiro atoms. The highest BCUT2D eigenvalue weighted by Gasteiger charge is 2.24. The van der Waals surface area contributed by atoms with Gasteiger partial charge in [-0.2, -0.15) is 4.98 Å². The first-order chi connectivity index (χ1) is 14.8. The molecule has 4 nitrogen and oxygen atoms in total. The van der Waals surface area contributed by atoms with Crippen molar-refractivity contribution in [1.29, 1.82) is 0 Å². The summed E-state index contributed by atoms with van der Waals surface area (Å²) in [4.78, 5) is 18.7.